The summed E-state index contributed by atoms with van der Waals surface area (Å²) in [5, 5.41) is 4.17. The fraction of sp³-hybridized carbons (Fsp3) is 0.545. The third kappa shape index (κ3) is 1.98. The molecule has 0 aromatic carbocycles. The van der Waals surface area contributed by atoms with E-state index in [-0.39, 0.29) is 24.7 Å². The molecule has 2 rings (SSSR count). The van der Waals surface area contributed by atoms with Gasteiger partial charge in [-0.25, -0.2) is 4.68 Å². The highest BCUT2D eigenvalue weighted by molar-refractivity contribution is 6.14. The number of carbonyl (C=O) groups is 2. The molecule has 0 saturated carbocycles. The fourth-order valence-electron chi connectivity index (χ4n) is 1.83. The summed E-state index contributed by atoms with van der Waals surface area (Å²) in [6.07, 6.45) is 1.68. The van der Waals surface area contributed by atoms with Crippen LogP contribution in [0.5, 0.6) is 0 Å². The van der Waals surface area contributed by atoms with Crippen LogP contribution >= 0.6 is 0 Å². The van der Waals surface area contributed by atoms with Gasteiger partial charge in [-0.2, -0.15) is 5.10 Å². The molecular formula is C11H15N3O2. The van der Waals surface area contributed by atoms with Gasteiger partial charge in [0, 0.05) is 12.6 Å². The van der Waals surface area contributed by atoms with E-state index in [1.54, 1.807) is 16.9 Å². The van der Waals surface area contributed by atoms with E-state index in [9.17, 15) is 9.59 Å². The first kappa shape index (κ1) is 10.9. The Balaban J connectivity index is 2.23. The van der Waals surface area contributed by atoms with E-state index in [4.69, 9.17) is 0 Å². The highest BCUT2D eigenvalue weighted by Crippen LogP contribution is 2.20. The third-order valence-corrected chi connectivity index (χ3v) is 2.49. The van der Waals surface area contributed by atoms with Crippen LogP contribution in [0.2, 0.25) is 0 Å². The summed E-state index contributed by atoms with van der Waals surface area (Å²) in [4.78, 5) is 24.3. The molecule has 1 saturated heterocycles. The van der Waals surface area contributed by atoms with Gasteiger partial charge in [-0.15, -0.1) is 0 Å². The van der Waals surface area contributed by atoms with Gasteiger partial charge in [-0.05, 0) is 5.92 Å². The minimum absolute atomic E-state index is 0.0207. The van der Waals surface area contributed by atoms with Gasteiger partial charge >= 0.3 is 0 Å². The molecule has 0 unspecified atom stereocenters. The zero-order valence-corrected chi connectivity index (χ0v) is 9.51. The molecule has 0 N–H and O–H groups in total. The number of nitrogens with zero attached hydrogens (tertiary/aromatic N) is 3. The highest BCUT2D eigenvalue weighted by atomic mass is 16.2. The van der Waals surface area contributed by atoms with Crippen LogP contribution < -0.4 is 4.90 Å². The van der Waals surface area contributed by atoms with Crippen molar-refractivity contribution in [1.29, 1.82) is 0 Å². The lowest BCUT2D eigenvalue weighted by Crippen LogP contribution is -2.28. The van der Waals surface area contributed by atoms with Crippen molar-refractivity contribution in [2.75, 3.05) is 11.4 Å². The van der Waals surface area contributed by atoms with Gasteiger partial charge in [-0.1, -0.05) is 13.8 Å². The molecule has 5 heteroatoms. The van der Waals surface area contributed by atoms with E-state index in [2.05, 4.69) is 18.9 Å². The summed E-state index contributed by atoms with van der Waals surface area (Å²) in [5.74, 6) is 1.02. The maximum atomic E-state index is 11.6. The van der Waals surface area contributed by atoms with Gasteiger partial charge in [-0.3, -0.25) is 14.5 Å². The molecule has 0 spiro atoms. The number of anilines is 1. The third-order valence-electron chi connectivity index (χ3n) is 2.49. The van der Waals surface area contributed by atoms with Crippen molar-refractivity contribution in [1.82, 2.24) is 9.78 Å². The molecule has 1 aromatic heterocycles. The Morgan fingerprint density at radius 1 is 1.44 bits per heavy atom. The van der Waals surface area contributed by atoms with E-state index in [1.165, 1.54) is 4.90 Å². The molecule has 86 valence electrons. The molecule has 5 nitrogen and oxygen atoms in total. The SMILES string of the molecule is CC(C)Cn1nccc1N1CC(=O)CC1=O. The van der Waals surface area contributed by atoms with Crippen LogP contribution in [0.4, 0.5) is 5.82 Å². The summed E-state index contributed by atoms with van der Waals surface area (Å²) in [5.41, 5.74) is 0. The maximum absolute atomic E-state index is 11.6. The molecule has 0 radical (unpaired) electrons. The lowest BCUT2D eigenvalue weighted by Gasteiger charge is -2.17. The maximum Gasteiger partial charge on any atom is 0.236 e. The first-order chi connectivity index (χ1) is 7.58. The standard InChI is InChI=1S/C11H15N3O2/c1-8(2)6-14-10(3-4-12-14)13-7-9(15)5-11(13)16/h3-4,8H,5-7H2,1-2H3. The molecule has 1 fully saturated rings. The van der Waals surface area contributed by atoms with Gasteiger partial charge in [0.25, 0.3) is 0 Å². The Morgan fingerprint density at radius 3 is 2.75 bits per heavy atom. The topological polar surface area (TPSA) is 55.2 Å². The Morgan fingerprint density at radius 2 is 2.19 bits per heavy atom. The van der Waals surface area contributed by atoms with Crippen molar-refractivity contribution in [2.45, 2.75) is 26.8 Å². The Labute approximate surface area is 94.0 Å². The highest BCUT2D eigenvalue weighted by Gasteiger charge is 2.30. The number of rotatable bonds is 3. The van der Waals surface area contributed by atoms with Crippen LogP contribution in [-0.4, -0.2) is 28.0 Å². The minimum Gasteiger partial charge on any atom is -0.297 e. The monoisotopic (exact) mass is 221 g/mol. The molecule has 1 aromatic rings. The molecule has 0 aliphatic carbocycles. The Hall–Kier alpha value is -1.65. The number of amides is 1. The normalized spacial score (nSPS) is 16.6. The van der Waals surface area contributed by atoms with Gasteiger partial charge in [0.05, 0.1) is 19.2 Å². The second kappa shape index (κ2) is 4.08. The second-order valence-corrected chi connectivity index (χ2v) is 4.46. The van der Waals surface area contributed by atoms with Crippen LogP contribution in [0, 0.1) is 5.92 Å². The van der Waals surface area contributed by atoms with Gasteiger partial charge in [0.1, 0.15) is 5.82 Å². The van der Waals surface area contributed by atoms with Crippen LogP contribution in [0.3, 0.4) is 0 Å². The number of carbonyl (C=O) groups excluding carboxylic acids is 2. The zero-order valence-electron chi connectivity index (χ0n) is 9.51. The molecular weight excluding hydrogens is 206 g/mol. The average Bonchev–Trinajstić information content (AvgIpc) is 2.72. The molecule has 2 heterocycles. The van der Waals surface area contributed by atoms with Gasteiger partial charge in [0.15, 0.2) is 5.78 Å². The summed E-state index contributed by atoms with van der Waals surface area (Å²) >= 11 is 0. The molecule has 0 bridgehead atoms. The average molecular weight is 221 g/mol. The number of hydrogen-bond donors (Lipinski definition) is 0. The van der Waals surface area contributed by atoms with Gasteiger partial charge in [0.2, 0.25) is 5.91 Å². The first-order valence-electron chi connectivity index (χ1n) is 5.42. The van der Waals surface area contributed by atoms with E-state index in [0.29, 0.717) is 5.92 Å². The summed E-state index contributed by atoms with van der Waals surface area (Å²) in [6, 6.07) is 1.78. The van der Waals surface area contributed by atoms with E-state index >= 15 is 0 Å². The molecule has 0 atom stereocenters. The predicted octanol–water partition coefficient (Wildman–Crippen LogP) is 0.845. The minimum atomic E-state index is -0.129. The van der Waals surface area contributed by atoms with Crippen LogP contribution in [0.25, 0.3) is 0 Å². The summed E-state index contributed by atoms with van der Waals surface area (Å²) in [6.45, 7) is 5.10. The smallest absolute Gasteiger partial charge is 0.236 e. The number of Topliss-reactive ketones (excluding diaryl/α,β-unsaturated/α-hetero) is 1. The largest absolute Gasteiger partial charge is 0.297 e. The Kier molecular flexibility index (Phi) is 2.77. The predicted molar refractivity (Wildman–Crippen MR) is 59.0 cm³/mol. The second-order valence-electron chi connectivity index (χ2n) is 4.46. The van der Waals surface area contributed by atoms with Crippen LogP contribution in [0.1, 0.15) is 20.3 Å². The quantitative estimate of drug-likeness (QED) is 0.711. The van der Waals surface area contributed by atoms with E-state index in [1.807, 2.05) is 0 Å². The van der Waals surface area contributed by atoms with Crippen molar-refractivity contribution in [2.24, 2.45) is 5.92 Å². The van der Waals surface area contributed by atoms with Crippen molar-refractivity contribution in [3.05, 3.63) is 12.3 Å². The number of aromatic nitrogens is 2. The molecule has 16 heavy (non-hydrogen) atoms. The lowest BCUT2D eigenvalue weighted by atomic mass is 10.2. The molecule has 1 amide bonds. The number of ketones is 1. The van der Waals surface area contributed by atoms with E-state index in [0.717, 1.165) is 12.4 Å². The van der Waals surface area contributed by atoms with Crippen LogP contribution in [-0.2, 0) is 16.1 Å². The number of hydrogen-bond acceptors (Lipinski definition) is 3. The Bertz CT molecular complexity index is 423. The molecule has 1 aliphatic heterocycles. The van der Waals surface area contributed by atoms with E-state index < -0.39 is 0 Å². The first-order valence-corrected chi connectivity index (χ1v) is 5.42. The van der Waals surface area contributed by atoms with Crippen molar-refractivity contribution in [3.63, 3.8) is 0 Å². The molecule has 1 aliphatic rings. The fourth-order valence-corrected chi connectivity index (χ4v) is 1.83. The van der Waals surface area contributed by atoms with Crippen molar-refractivity contribution in [3.8, 4) is 0 Å². The van der Waals surface area contributed by atoms with Crippen LogP contribution in [0.15, 0.2) is 12.3 Å². The summed E-state index contributed by atoms with van der Waals surface area (Å²) in [7, 11) is 0. The zero-order chi connectivity index (χ0) is 11.7. The summed E-state index contributed by atoms with van der Waals surface area (Å²) < 4.78 is 1.78. The van der Waals surface area contributed by atoms with Crippen molar-refractivity contribution >= 4 is 17.5 Å². The lowest BCUT2D eigenvalue weighted by molar-refractivity contribution is -0.121. The van der Waals surface area contributed by atoms with Gasteiger partial charge < -0.3 is 0 Å². The van der Waals surface area contributed by atoms with Crippen molar-refractivity contribution < 1.29 is 9.59 Å².